The summed E-state index contributed by atoms with van der Waals surface area (Å²) in [4.78, 5) is 32.6. The number of urea groups is 1. The molecular weight excluding hydrogens is 454 g/mol. The van der Waals surface area contributed by atoms with Crippen molar-refractivity contribution in [2.24, 2.45) is 5.73 Å². The molecule has 0 radical (unpaired) electrons. The van der Waals surface area contributed by atoms with E-state index in [2.05, 4.69) is 25.5 Å². The Hall–Kier alpha value is -4.07. The smallest absolute Gasteiger partial charge is 0.366 e. The number of fused-ring (bicyclic) bond motifs is 1. The molecule has 3 aromatic heterocycles. The molecule has 0 saturated heterocycles. The Morgan fingerprint density at radius 1 is 1.12 bits per heavy atom. The van der Waals surface area contributed by atoms with Gasteiger partial charge in [-0.2, -0.15) is 18.3 Å². The Labute approximate surface area is 179 Å². The molecule has 0 aliphatic rings. The highest BCUT2D eigenvalue weighted by Gasteiger charge is 2.31. The van der Waals surface area contributed by atoms with E-state index >= 15 is 0 Å². The fourth-order valence-electron chi connectivity index (χ4n) is 2.76. The monoisotopic (exact) mass is 465 g/mol. The van der Waals surface area contributed by atoms with Gasteiger partial charge in [-0.05, 0) is 24.3 Å². The Morgan fingerprint density at radius 2 is 1.91 bits per heavy atom. The number of halogens is 4. The van der Waals surface area contributed by atoms with Crippen molar-refractivity contribution in [3.8, 4) is 10.6 Å². The van der Waals surface area contributed by atoms with Gasteiger partial charge in [0.15, 0.2) is 10.8 Å². The third kappa shape index (κ3) is 4.20. The van der Waals surface area contributed by atoms with Gasteiger partial charge in [0.1, 0.15) is 5.82 Å². The van der Waals surface area contributed by atoms with E-state index in [1.807, 2.05) is 5.32 Å². The van der Waals surface area contributed by atoms with E-state index in [9.17, 15) is 27.2 Å². The predicted octanol–water partition coefficient (Wildman–Crippen LogP) is 3.98. The minimum Gasteiger partial charge on any atom is -0.366 e. The summed E-state index contributed by atoms with van der Waals surface area (Å²) in [5, 5.41) is 11.3. The molecule has 0 atom stereocenters. The number of rotatable bonds is 4. The maximum absolute atomic E-state index is 13.8. The van der Waals surface area contributed by atoms with Crippen LogP contribution in [0.25, 0.3) is 21.6 Å². The second-order valence-electron chi connectivity index (χ2n) is 6.35. The lowest BCUT2D eigenvalue weighted by Crippen LogP contribution is -2.20. The molecule has 5 N–H and O–H groups in total. The second kappa shape index (κ2) is 7.88. The van der Waals surface area contributed by atoms with E-state index in [4.69, 9.17) is 5.73 Å². The molecule has 0 aliphatic carbocycles. The van der Waals surface area contributed by atoms with Gasteiger partial charge in [-0.15, -0.1) is 0 Å². The number of carbonyl (C=O) groups excluding carboxylic acids is 2. The van der Waals surface area contributed by atoms with E-state index in [1.165, 1.54) is 18.5 Å². The van der Waals surface area contributed by atoms with Crippen molar-refractivity contribution in [1.82, 2.24) is 20.2 Å². The molecule has 9 nitrogen and oxygen atoms in total. The number of carbonyl (C=O) groups is 2. The number of benzene rings is 1. The number of nitrogens with one attached hydrogen (secondary N) is 3. The SMILES string of the molecule is NC(=O)c1cc(-c2cnc(NC(=O)Nc3cc(C(F)(F)F)ccc3F)s2)nc2[nH]ncc12. The number of hydrogen-bond acceptors (Lipinski definition) is 6. The van der Waals surface area contributed by atoms with E-state index in [0.717, 1.165) is 11.3 Å². The maximum Gasteiger partial charge on any atom is 0.416 e. The molecular formula is C18H11F4N7O2S. The lowest BCUT2D eigenvalue weighted by Gasteiger charge is -2.11. The number of anilines is 2. The minimum absolute atomic E-state index is 0.0528. The highest BCUT2D eigenvalue weighted by Crippen LogP contribution is 2.33. The summed E-state index contributed by atoms with van der Waals surface area (Å²) in [5.41, 5.74) is 4.45. The average Bonchev–Trinajstić information content (AvgIpc) is 3.37. The summed E-state index contributed by atoms with van der Waals surface area (Å²) in [6.45, 7) is 0. The predicted molar refractivity (Wildman–Crippen MR) is 108 cm³/mol. The quantitative estimate of drug-likeness (QED) is 0.338. The van der Waals surface area contributed by atoms with Crippen LogP contribution in [0.4, 0.5) is 33.2 Å². The van der Waals surface area contributed by atoms with Crippen molar-refractivity contribution in [3.05, 3.63) is 53.6 Å². The summed E-state index contributed by atoms with van der Waals surface area (Å²) in [6, 6.07) is 2.09. The first kappa shape index (κ1) is 21.2. The topological polar surface area (TPSA) is 139 Å². The van der Waals surface area contributed by atoms with Crippen LogP contribution in [0.2, 0.25) is 0 Å². The molecule has 1 aromatic carbocycles. The molecule has 14 heteroatoms. The lowest BCUT2D eigenvalue weighted by molar-refractivity contribution is -0.137. The molecule has 0 spiro atoms. The minimum atomic E-state index is -4.70. The van der Waals surface area contributed by atoms with Crippen LogP contribution >= 0.6 is 11.3 Å². The molecule has 0 unspecified atom stereocenters. The van der Waals surface area contributed by atoms with Crippen molar-refractivity contribution in [1.29, 1.82) is 0 Å². The Balaban J connectivity index is 1.54. The van der Waals surface area contributed by atoms with Crippen molar-refractivity contribution >= 4 is 45.1 Å². The molecule has 0 fully saturated rings. The van der Waals surface area contributed by atoms with Gasteiger partial charge in [0.05, 0.1) is 39.0 Å². The van der Waals surface area contributed by atoms with Gasteiger partial charge in [-0.1, -0.05) is 11.3 Å². The number of nitrogens with zero attached hydrogens (tertiary/aromatic N) is 3. The van der Waals surface area contributed by atoms with Crippen molar-refractivity contribution in [3.63, 3.8) is 0 Å². The van der Waals surface area contributed by atoms with Crippen molar-refractivity contribution in [2.45, 2.75) is 6.18 Å². The normalized spacial score (nSPS) is 11.5. The van der Waals surface area contributed by atoms with Crippen LogP contribution in [0.5, 0.6) is 0 Å². The van der Waals surface area contributed by atoms with Gasteiger partial charge in [0, 0.05) is 6.20 Å². The number of hydrogen-bond donors (Lipinski definition) is 4. The Bertz CT molecular complexity index is 1350. The van der Waals surface area contributed by atoms with Crippen LogP contribution in [-0.2, 0) is 6.18 Å². The fourth-order valence-corrected chi connectivity index (χ4v) is 3.53. The number of aromatic amines is 1. The van der Waals surface area contributed by atoms with Crippen LogP contribution in [0, 0.1) is 5.82 Å². The van der Waals surface area contributed by atoms with Gasteiger partial charge < -0.3 is 11.1 Å². The van der Waals surface area contributed by atoms with E-state index in [1.54, 1.807) is 0 Å². The highest BCUT2D eigenvalue weighted by molar-refractivity contribution is 7.19. The van der Waals surface area contributed by atoms with Gasteiger partial charge in [-0.3, -0.25) is 15.2 Å². The van der Waals surface area contributed by atoms with Crippen LogP contribution in [-0.4, -0.2) is 32.1 Å². The van der Waals surface area contributed by atoms with Gasteiger partial charge in [-0.25, -0.2) is 19.2 Å². The summed E-state index contributed by atoms with van der Waals surface area (Å²) in [7, 11) is 0. The summed E-state index contributed by atoms with van der Waals surface area (Å²) in [5.74, 6) is -1.73. The van der Waals surface area contributed by atoms with E-state index < -0.39 is 35.2 Å². The second-order valence-corrected chi connectivity index (χ2v) is 7.38. The van der Waals surface area contributed by atoms with Crippen LogP contribution in [0.15, 0.2) is 36.7 Å². The number of H-pyrrole nitrogens is 1. The van der Waals surface area contributed by atoms with Crippen LogP contribution < -0.4 is 16.4 Å². The third-order valence-electron chi connectivity index (χ3n) is 4.21. The number of pyridine rings is 1. The Kier molecular flexibility index (Phi) is 5.22. The zero-order valence-corrected chi connectivity index (χ0v) is 16.4. The molecule has 3 amide bonds. The molecule has 0 saturated carbocycles. The average molecular weight is 465 g/mol. The van der Waals surface area contributed by atoms with Crippen LogP contribution in [0.1, 0.15) is 15.9 Å². The highest BCUT2D eigenvalue weighted by atomic mass is 32.1. The number of thiazole rings is 1. The molecule has 4 rings (SSSR count). The van der Waals surface area contributed by atoms with Crippen molar-refractivity contribution in [2.75, 3.05) is 10.6 Å². The molecule has 0 bridgehead atoms. The fraction of sp³-hybridized carbons (Fsp3) is 0.0556. The van der Waals surface area contributed by atoms with Crippen LogP contribution in [0.3, 0.4) is 0 Å². The maximum atomic E-state index is 13.8. The number of nitrogens with two attached hydrogens (primary N) is 1. The Morgan fingerprint density at radius 3 is 2.62 bits per heavy atom. The lowest BCUT2D eigenvalue weighted by atomic mass is 10.1. The van der Waals surface area contributed by atoms with Gasteiger partial charge in [0.25, 0.3) is 0 Å². The number of primary amides is 1. The molecule has 0 aliphatic heterocycles. The molecule has 4 aromatic rings. The number of aromatic nitrogens is 4. The zero-order chi connectivity index (χ0) is 23.0. The zero-order valence-electron chi connectivity index (χ0n) is 15.6. The summed E-state index contributed by atoms with van der Waals surface area (Å²) < 4.78 is 52.2. The largest absolute Gasteiger partial charge is 0.416 e. The first-order valence-corrected chi connectivity index (χ1v) is 9.48. The van der Waals surface area contributed by atoms with Crippen molar-refractivity contribution < 1.29 is 27.2 Å². The van der Waals surface area contributed by atoms with E-state index in [0.29, 0.717) is 39.8 Å². The molecule has 32 heavy (non-hydrogen) atoms. The summed E-state index contributed by atoms with van der Waals surface area (Å²) in [6.07, 6.45) is -1.93. The van der Waals surface area contributed by atoms with E-state index in [-0.39, 0.29) is 10.7 Å². The van der Waals surface area contributed by atoms with Gasteiger partial charge in [0.2, 0.25) is 5.91 Å². The summed E-state index contributed by atoms with van der Waals surface area (Å²) >= 11 is 0.962. The number of amides is 3. The number of alkyl halides is 3. The first-order valence-electron chi connectivity index (χ1n) is 8.66. The first-order chi connectivity index (χ1) is 15.1. The third-order valence-corrected chi connectivity index (χ3v) is 5.14. The standard InChI is InChI=1S/C18H11F4N7O2S/c19-10-2-1-7(18(20,21)22)3-11(10)27-16(31)28-17-24-6-13(32-17)12-4-8(14(23)30)9-5-25-29-15(9)26-12/h1-6H,(H2,23,30)(H,25,26,29)(H2,24,27,28,31). The molecule has 164 valence electrons. The van der Waals surface area contributed by atoms with Gasteiger partial charge >= 0.3 is 12.2 Å². The molecule has 3 heterocycles.